The Morgan fingerprint density at radius 3 is 2.50 bits per heavy atom. The molecule has 1 aliphatic rings. The van der Waals surface area contributed by atoms with E-state index in [2.05, 4.69) is 53.1 Å². The minimum Gasteiger partial charge on any atom is -0.360 e. The number of hydrogen-bond acceptors (Lipinski definition) is 4. The van der Waals surface area contributed by atoms with Gasteiger partial charge in [0.25, 0.3) is 0 Å². The zero-order valence-electron chi connectivity index (χ0n) is 14.2. The number of nitrogens with one attached hydrogen (secondary N) is 1. The molecule has 1 saturated heterocycles. The van der Waals surface area contributed by atoms with E-state index in [9.17, 15) is 0 Å². The molecule has 1 aromatic rings. The highest BCUT2D eigenvalue weighted by Gasteiger charge is 2.20. The van der Waals surface area contributed by atoms with E-state index in [4.69, 9.17) is 0 Å². The largest absolute Gasteiger partial charge is 0.360 e. The number of nitrogens with zero attached hydrogens (tertiary/aromatic N) is 3. The first-order chi connectivity index (χ1) is 10.2. The van der Waals surface area contributed by atoms with Gasteiger partial charge in [0, 0.05) is 32.4 Å². The van der Waals surface area contributed by atoms with E-state index in [-0.39, 0.29) is 12.4 Å². The zero-order chi connectivity index (χ0) is 15.1. The van der Waals surface area contributed by atoms with Gasteiger partial charge in [-0.25, -0.2) is 4.98 Å². The lowest BCUT2D eigenvalue weighted by Crippen LogP contribution is -2.43. The second kappa shape index (κ2) is 10.0. The molecule has 1 fully saturated rings. The van der Waals surface area contributed by atoms with Crippen LogP contribution in [-0.2, 0) is 6.54 Å². The third-order valence-corrected chi connectivity index (χ3v) is 4.40. The molecule has 5 heteroatoms. The van der Waals surface area contributed by atoms with Gasteiger partial charge >= 0.3 is 0 Å². The van der Waals surface area contributed by atoms with Crippen molar-refractivity contribution in [3.63, 3.8) is 0 Å². The molecule has 0 saturated carbocycles. The highest BCUT2D eigenvalue weighted by molar-refractivity contribution is 5.85. The third-order valence-electron chi connectivity index (χ3n) is 4.40. The second-order valence-corrected chi connectivity index (χ2v) is 5.99. The van der Waals surface area contributed by atoms with Crippen molar-refractivity contribution in [1.29, 1.82) is 0 Å². The van der Waals surface area contributed by atoms with Gasteiger partial charge in [-0.15, -0.1) is 12.4 Å². The summed E-state index contributed by atoms with van der Waals surface area (Å²) < 4.78 is 0. The molecule has 0 bridgehead atoms. The number of piperidine rings is 1. The summed E-state index contributed by atoms with van der Waals surface area (Å²) in [6, 6.07) is 5.10. The fourth-order valence-corrected chi connectivity index (χ4v) is 2.98. The van der Waals surface area contributed by atoms with Crippen molar-refractivity contribution in [2.75, 3.05) is 38.1 Å². The maximum atomic E-state index is 4.59. The first kappa shape index (κ1) is 19.2. The van der Waals surface area contributed by atoms with Crippen molar-refractivity contribution >= 4 is 18.2 Å². The summed E-state index contributed by atoms with van der Waals surface area (Å²) in [6.07, 6.45) is 5.80. The topological polar surface area (TPSA) is 31.4 Å². The number of anilines is 1. The van der Waals surface area contributed by atoms with Gasteiger partial charge in [-0.2, -0.15) is 0 Å². The number of aromatic nitrogens is 1. The Morgan fingerprint density at radius 2 is 1.95 bits per heavy atom. The van der Waals surface area contributed by atoms with Crippen LogP contribution in [0.15, 0.2) is 18.3 Å². The van der Waals surface area contributed by atoms with Crippen molar-refractivity contribution < 1.29 is 0 Å². The molecule has 1 aromatic heterocycles. The lowest BCUT2D eigenvalue weighted by atomic mass is 10.0. The highest BCUT2D eigenvalue weighted by atomic mass is 35.5. The first-order valence-corrected chi connectivity index (χ1v) is 8.35. The molecule has 1 aliphatic heterocycles. The van der Waals surface area contributed by atoms with Crippen LogP contribution in [0.4, 0.5) is 5.82 Å². The molecular weight excluding hydrogens is 296 g/mol. The van der Waals surface area contributed by atoms with Crippen LogP contribution in [0.2, 0.25) is 0 Å². The molecule has 126 valence electrons. The van der Waals surface area contributed by atoms with Crippen LogP contribution >= 0.6 is 12.4 Å². The van der Waals surface area contributed by atoms with Crippen LogP contribution < -0.4 is 10.2 Å². The van der Waals surface area contributed by atoms with E-state index < -0.39 is 0 Å². The van der Waals surface area contributed by atoms with Crippen molar-refractivity contribution in [2.24, 2.45) is 0 Å². The van der Waals surface area contributed by atoms with Gasteiger partial charge in [-0.3, -0.25) is 4.90 Å². The summed E-state index contributed by atoms with van der Waals surface area (Å²) in [4.78, 5) is 9.40. The van der Waals surface area contributed by atoms with Gasteiger partial charge in [0.2, 0.25) is 0 Å². The molecule has 2 rings (SSSR count). The summed E-state index contributed by atoms with van der Waals surface area (Å²) >= 11 is 0. The average molecular weight is 327 g/mol. The van der Waals surface area contributed by atoms with Crippen LogP contribution in [0.5, 0.6) is 0 Å². The Labute approximate surface area is 141 Å². The standard InChI is InChI=1S/C17H30N4.ClH/c1-4-12-21(16-8-10-18-11-9-16)14-15-6-7-17(19-13-15)20(3)5-2;/h6-7,13,16,18H,4-5,8-12,14H2,1-3H3;1H. The number of pyridine rings is 1. The maximum Gasteiger partial charge on any atom is 0.128 e. The predicted molar refractivity (Wildman–Crippen MR) is 97.0 cm³/mol. The molecule has 0 spiro atoms. The molecule has 0 aromatic carbocycles. The van der Waals surface area contributed by atoms with Crippen molar-refractivity contribution in [2.45, 2.75) is 45.7 Å². The monoisotopic (exact) mass is 326 g/mol. The number of halogens is 1. The Morgan fingerprint density at radius 1 is 1.23 bits per heavy atom. The Hall–Kier alpha value is -0.840. The molecule has 2 heterocycles. The first-order valence-electron chi connectivity index (χ1n) is 8.35. The molecule has 0 radical (unpaired) electrons. The molecule has 0 unspecified atom stereocenters. The summed E-state index contributed by atoms with van der Waals surface area (Å²) in [5.74, 6) is 1.06. The maximum absolute atomic E-state index is 4.59. The molecule has 4 nitrogen and oxygen atoms in total. The Kier molecular flexibility index (Phi) is 8.76. The van der Waals surface area contributed by atoms with Crippen molar-refractivity contribution in [3.8, 4) is 0 Å². The lowest BCUT2D eigenvalue weighted by molar-refractivity contribution is 0.154. The van der Waals surface area contributed by atoms with E-state index in [1.54, 1.807) is 0 Å². The summed E-state index contributed by atoms with van der Waals surface area (Å²) in [5, 5.41) is 3.46. The van der Waals surface area contributed by atoms with Gasteiger partial charge in [-0.05, 0) is 57.5 Å². The van der Waals surface area contributed by atoms with Crippen LogP contribution in [-0.4, -0.2) is 49.2 Å². The average Bonchev–Trinajstić information content (AvgIpc) is 2.55. The SMILES string of the molecule is CCCN(Cc1ccc(N(C)CC)nc1)C1CCNCC1.Cl. The quantitative estimate of drug-likeness (QED) is 0.835. The third kappa shape index (κ3) is 5.41. The molecular formula is C17H31ClN4. The molecule has 22 heavy (non-hydrogen) atoms. The van der Waals surface area contributed by atoms with Crippen LogP contribution in [0.3, 0.4) is 0 Å². The number of hydrogen-bond donors (Lipinski definition) is 1. The zero-order valence-corrected chi connectivity index (χ0v) is 15.0. The molecule has 1 N–H and O–H groups in total. The highest BCUT2D eigenvalue weighted by Crippen LogP contribution is 2.17. The normalized spacial score (nSPS) is 15.6. The molecule has 0 amide bonds. The van der Waals surface area contributed by atoms with Gasteiger partial charge in [0.15, 0.2) is 0 Å². The lowest BCUT2D eigenvalue weighted by Gasteiger charge is -2.34. The molecule has 0 atom stereocenters. The Balaban J connectivity index is 0.00000242. The Bertz CT molecular complexity index is 404. The fraction of sp³-hybridized carbons (Fsp3) is 0.706. The minimum absolute atomic E-state index is 0. The number of rotatable bonds is 7. The summed E-state index contributed by atoms with van der Waals surface area (Å²) in [7, 11) is 2.08. The van der Waals surface area contributed by atoms with Crippen LogP contribution in [0.25, 0.3) is 0 Å². The smallest absolute Gasteiger partial charge is 0.128 e. The predicted octanol–water partition coefficient (Wildman–Crippen LogP) is 2.92. The van der Waals surface area contributed by atoms with Gasteiger partial charge in [0.1, 0.15) is 5.82 Å². The second-order valence-electron chi connectivity index (χ2n) is 5.99. The van der Waals surface area contributed by atoms with Gasteiger partial charge in [-0.1, -0.05) is 13.0 Å². The van der Waals surface area contributed by atoms with Crippen molar-refractivity contribution in [1.82, 2.24) is 15.2 Å². The fourth-order valence-electron chi connectivity index (χ4n) is 2.98. The summed E-state index contributed by atoms with van der Waals surface area (Å²) in [5.41, 5.74) is 1.33. The van der Waals surface area contributed by atoms with Crippen molar-refractivity contribution in [3.05, 3.63) is 23.9 Å². The van der Waals surface area contributed by atoms with E-state index in [0.717, 1.165) is 38.0 Å². The van der Waals surface area contributed by atoms with Crippen LogP contribution in [0.1, 0.15) is 38.7 Å². The van der Waals surface area contributed by atoms with E-state index >= 15 is 0 Å². The molecule has 0 aliphatic carbocycles. The van der Waals surface area contributed by atoms with E-state index in [1.165, 1.54) is 31.4 Å². The van der Waals surface area contributed by atoms with Gasteiger partial charge < -0.3 is 10.2 Å². The van der Waals surface area contributed by atoms with E-state index in [0.29, 0.717) is 0 Å². The van der Waals surface area contributed by atoms with Crippen LogP contribution in [0, 0.1) is 0 Å². The summed E-state index contributed by atoms with van der Waals surface area (Å²) in [6.45, 7) is 9.93. The van der Waals surface area contributed by atoms with Gasteiger partial charge in [0.05, 0.1) is 0 Å². The minimum atomic E-state index is 0. The van der Waals surface area contributed by atoms with E-state index in [1.807, 2.05) is 6.20 Å².